The number of aromatic amines is 1. The zero-order valence-corrected chi connectivity index (χ0v) is 7.29. The van der Waals surface area contributed by atoms with Gasteiger partial charge in [-0.05, 0) is 12.8 Å². The third kappa shape index (κ3) is 1.37. The van der Waals surface area contributed by atoms with Gasteiger partial charge in [0.15, 0.2) is 0 Å². The van der Waals surface area contributed by atoms with Gasteiger partial charge in [0.1, 0.15) is 5.69 Å². The molecule has 3 N–H and O–H groups in total. The van der Waals surface area contributed by atoms with E-state index in [1.807, 2.05) is 0 Å². The minimum absolute atomic E-state index is 0.0347. The molecular formula is C8H12N4O. The summed E-state index contributed by atoms with van der Waals surface area (Å²) in [5.41, 5.74) is 6.41. The lowest BCUT2D eigenvalue weighted by atomic mass is 10.3. The van der Waals surface area contributed by atoms with E-state index < -0.39 is 0 Å². The molecule has 0 aliphatic carbocycles. The molecule has 0 bridgehead atoms. The number of hydrogen-bond donors (Lipinski definition) is 2. The highest BCUT2D eigenvalue weighted by molar-refractivity contribution is 5.97. The van der Waals surface area contributed by atoms with Gasteiger partial charge in [-0.1, -0.05) is 0 Å². The largest absolute Gasteiger partial charge is 0.396 e. The van der Waals surface area contributed by atoms with Crippen molar-refractivity contribution in [1.82, 2.24) is 15.1 Å². The van der Waals surface area contributed by atoms with Crippen molar-refractivity contribution in [3.63, 3.8) is 0 Å². The van der Waals surface area contributed by atoms with Crippen LogP contribution in [0.3, 0.4) is 0 Å². The Bertz CT molecular complexity index is 314. The van der Waals surface area contributed by atoms with Crippen LogP contribution in [0.1, 0.15) is 23.3 Å². The van der Waals surface area contributed by atoms with Crippen molar-refractivity contribution >= 4 is 11.6 Å². The Kier molecular flexibility index (Phi) is 1.92. The van der Waals surface area contributed by atoms with Gasteiger partial charge in [-0.3, -0.25) is 9.89 Å². The van der Waals surface area contributed by atoms with Crippen LogP contribution in [0.5, 0.6) is 0 Å². The van der Waals surface area contributed by atoms with Crippen molar-refractivity contribution in [2.45, 2.75) is 12.8 Å². The maximum absolute atomic E-state index is 11.7. The average molecular weight is 180 g/mol. The second-order valence-electron chi connectivity index (χ2n) is 3.20. The number of hydrogen-bond acceptors (Lipinski definition) is 3. The summed E-state index contributed by atoms with van der Waals surface area (Å²) in [5, 5.41) is 6.33. The number of anilines is 1. The van der Waals surface area contributed by atoms with Crippen molar-refractivity contribution < 1.29 is 4.79 Å². The zero-order valence-electron chi connectivity index (χ0n) is 7.29. The Labute approximate surface area is 75.9 Å². The van der Waals surface area contributed by atoms with Crippen LogP contribution < -0.4 is 5.73 Å². The average Bonchev–Trinajstić information content (AvgIpc) is 2.72. The van der Waals surface area contributed by atoms with Crippen LogP contribution in [0.4, 0.5) is 5.69 Å². The van der Waals surface area contributed by atoms with E-state index in [9.17, 15) is 4.79 Å². The van der Waals surface area contributed by atoms with Gasteiger partial charge in [0.05, 0.1) is 11.9 Å². The first kappa shape index (κ1) is 8.10. The summed E-state index contributed by atoms with van der Waals surface area (Å²) in [5.74, 6) is -0.0347. The second kappa shape index (κ2) is 3.08. The maximum Gasteiger partial charge on any atom is 0.274 e. The van der Waals surface area contributed by atoms with Crippen LogP contribution in [0, 0.1) is 0 Å². The molecule has 0 radical (unpaired) electrons. The molecule has 13 heavy (non-hydrogen) atoms. The molecule has 0 atom stereocenters. The molecule has 1 aromatic rings. The van der Waals surface area contributed by atoms with Crippen LogP contribution in [0.2, 0.25) is 0 Å². The molecule has 2 rings (SSSR count). The lowest BCUT2D eigenvalue weighted by Crippen LogP contribution is -2.28. The molecule has 1 saturated heterocycles. The number of likely N-dealkylation sites (tertiary alicyclic amines) is 1. The topological polar surface area (TPSA) is 75.0 Å². The Hall–Kier alpha value is -1.52. The first-order valence-electron chi connectivity index (χ1n) is 4.37. The van der Waals surface area contributed by atoms with Crippen LogP contribution in [-0.2, 0) is 0 Å². The van der Waals surface area contributed by atoms with Gasteiger partial charge < -0.3 is 10.6 Å². The number of nitrogens with one attached hydrogen (secondary N) is 1. The van der Waals surface area contributed by atoms with Crippen LogP contribution in [0.15, 0.2) is 6.20 Å². The fourth-order valence-electron chi connectivity index (χ4n) is 1.55. The smallest absolute Gasteiger partial charge is 0.274 e. The Morgan fingerprint density at radius 3 is 2.77 bits per heavy atom. The molecule has 5 nitrogen and oxygen atoms in total. The lowest BCUT2D eigenvalue weighted by molar-refractivity contribution is 0.0788. The lowest BCUT2D eigenvalue weighted by Gasteiger charge is -2.13. The fraction of sp³-hybridized carbons (Fsp3) is 0.500. The quantitative estimate of drug-likeness (QED) is 0.649. The summed E-state index contributed by atoms with van der Waals surface area (Å²) in [6, 6.07) is 0. The summed E-state index contributed by atoms with van der Waals surface area (Å²) >= 11 is 0. The van der Waals surface area contributed by atoms with E-state index in [1.54, 1.807) is 4.90 Å². The molecule has 1 amide bonds. The molecule has 2 heterocycles. The molecule has 1 fully saturated rings. The van der Waals surface area contributed by atoms with Crippen molar-refractivity contribution in [1.29, 1.82) is 0 Å². The van der Waals surface area contributed by atoms with Gasteiger partial charge in [-0.15, -0.1) is 0 Å². The minimum atomic E-state index is -0.0347. The third-order valence-corrected chi connectivity index (χ3v) is 2.28. The highest BCUT2D eigenvalue weighted by atomic mass is 16.2. The number of nitrogens with two attached hydrogens (primary N) is 1. The number of amides is 1. The summed E-state index contributed by atoms with van der Waals surface area (Å²) in [7, 11) is 0. The van der Waals surface area contributed by atoms with Gasteiger partial charge in [0, 0.05) is 13.1 Å². The number of rotatable bonds is 1. The van der Waals surface area contributed by atoms with E-state index in [0.717, 1.165) is 25.9 Å². The predicted octanol–water partition coefficient (Wildman–Crippen LogP) is 0.228. The molecule has 5 heteroatoms. The molecule has 1 aliphatic heterocycles. The van der Waals surface area contributed by atoms with Gasteiger partial charge >= 0.3 is 0 Å². The molecule has 1 aromatic heterocycles. The van der Waals surface area contributed by atoms with Crippen LogP contribution >= 0.6 is 0 Å². The Morgan fingerprint density at radius 1 is 1.54 bits per heavy atom. The summed E-state index contributed by atoms with van der Waals surface area (Å²) < 4.78 is 0. The van der Waals surface area contributed by atoms with Gasteiger partial charge in [0.25, 0.3) is 5.91 Å². The fourth-order valence-corrected chi connectivity index (χ4v) is 1.55. The van der Waals surface area contributed by atoms with Crippen LogP contribution in [0.25, 0.3) is 0 Å². The molecule has 1 aliphatic rings. The SMILES string of the molecule is Nc1cn[nH]c1C(=O)N1CCCC1. The van der Waals surface area contributed by atoms with Crippen LogP contribution in [-0.4, -0.2) is 34.1 Å². The monoisotopic (exact) mass is 180 g/mol. The van der Waals surface area contributed by atoms with Crippen molar-refractivity contribution in [2.75, 3.05) is 18.8 Å². The Balaban J connectivity index is 2.17. The number of H-pyrrole nitrogens is 1. The number of nitrogen functional groups attached to an aromatic ring is 1. The Morgan fingerprint density at radius 2 is 2.23 bits per heavy atom. The van der Waals surface area contributed by atoms with Gasteiger partial charge in [0.2, 0.25) is 0 Å². The highest BCUT2D eigenvalue weighted by Crippen LogP contribution is 2.14. The number of aromatic nitrogens is 2. The van der Waals surface area contributed by atoms with Crippen molar-refractivity contribution in [3.8, 4) is 0 Å². The van der Waals surface area contributed by atoms with Crippen molar-refractivity contribution in [2.24, 2.45) is 0 Å². The normalized spacial score (nSPS) is 16.5. The summed E-state index contributed by atoms with van der Waals surface area (Å²) in [6.07, 6.45) is 3.63. The molecule has 0 spiro atoms. The summed E-state index contributed by atoms with van der Waals surface area (Å²) in [4.78, 5) is 13.5. The molecular weight excluding hydrogens is 168 g/mol. The molecule has 0 aromatic carbocycles. The second-order valence-corrected chi connectivity index (χ2v) is 3.20. The molecule has 70 valence electrons. The first-order valence-corrected chi connectivity index (χ1v) is 4.37. The number of carbonyl (C=O) groups is 1. The molecule has 0 unspecified atom stereocenters. The van der Waals surface area contributed by atoms with E-state index in [2.05, 4.69) is 10.2 Å². The van der Waals surface area contributed by atoms with E-state index >= 15 is 0 Å². The molecule has 0 saturated carbocycles. The van der Waals surface area contributed by atoms with E-state index in [-0.39, 0.29) is 5.91 Å². The number of nitrogens with zero attached hydrogens (tertiary/aromatic N) is 2. The third-order valence-electron chi connectivity index (χ3n) is 2.28. The van der Waals surface area contributed by atoms with E-state index in [0.29, 0.717) is 11.4 Å². The zero-order chi connectivity index (χ0) is 9.26. The van der Waals surface area contributed by atoms with Gasteiger partial charge in [-0.2, -0.15) is 5.10 Å². The van der Waals surface area contributed by atoms with E-state index in [1.165, 1.54) is 6.20 Å². The number of carbonyl (C=O) groups excluding carboxylic acids is 1. The standard InChI is InChI=1S/C8H12N4O/c9-6-5-10-11-7(6)8(13)12-3-1-2-4-12/h5H,1-4,9H2,(H,10,11). The summed E-state index contributed by atoms with van der Waals surface area (Å²) in [6.45, 7) is 1.66. The van der Waals surface area contributed by atoms with Gasteiger partial charge in [-0.25, -0.2) is 0 Å². The first-order chi connectivity index (χ1) is 6.29. The van der Waals surface area contributed by atoms with E-state index in [4.69, 9.17) is 5.73 Å². The highest BCUT2D eigenvalue weighted by Gasteiger charge is 2.22. The predicted molar refractivity (Wildman–Crippen MR) is 48.1 cm³/mol. The van der Waals surface area contributed by atoms with Crippen molar-refractivity contribution in [3.05, 3.63) is 11.9 Å². The maximum atomic E-state index is 11.7. The minimum Gasteiger partial charge on any atom is -0.396 e.